The second-order valence-corrected chi connectivity index (χ2v) is 5.72. The van der Waals surface area contributed by atoms with Crippen LogP contribution in [0, 0.1) is 0 Å². The van der Waals surface area contributed by atoms with Crippen molar-refractivity contribution >= 4 is 5.78 Å². The van der Waals surface area contributed by atoms with E-state index in [4.69, 9.17) is 0 Å². The molecule has 0 aromatic rings. The largest absolute Gasteiger partial charge is 0.401 e. The molecule has 94 valence electrons. The van der Waals surface area contributed by atoms with Gasteiger partial charge in [-0.25, -0.2) is 0 Å². The van der Waals surface area contributed by atoms with Crippen molar-refractivity contribution in [2.75, 3.05) is 6.54 Å². The predicted molar refractivity (Wildman–Crippen MR) is 55.2 cm³/mol. The number of piperidine rings is 1. The van der Waals surface area contributed by atoms with Gasteiger partial charge in [0.2, 0.25) is 0 Å². The fourth-order valence-corrected chi connectivity index (χ4v) is 2.65. The van der Waals surface area contributed by atoms with Gasteiger partial charge in [-0.05, 0) is 27.7 Å². The molecular formula is C11H18F3NO. The summed E-state index contributed by atoms with van der Waals surface area (Å²) in [7, 11) is 0. The van der Waals surface area contributed by atoms with Crippen LogP contribution in [0.1, 0.15) is 40.5 Å². The lowest BCUT2D eigenvalue weighted by Crippen LogP contribution is -2.63. The molecule has 5 heteroatoms. The van der Waals surface area contributed by atoms with E-state index < -0.39 is 23.8 Å². The van der Waals surface area contributed by atoms with Crippen LogP contribution in [-0.2, 0) is 4.79 Å². The smallest absolute Gasteiger partial charge is 0.300 e. The monoisotopic (exact) mass is 237 g/mol. The van der Waals surface area contributed by atoms with Gasteiger partial charge in [-0.1, -0.05) is 0 Å². The van der Waals surface area contributed by atoms with Crippen molar-refractivity contribution in [1.82, 2.24) is 4.90 Å². The van der Waals surface area contributed by atoms with Crippen molar-refractivity contribution in [3.63, 3.8) is 0 Å². The Bertz CT molecular complexity index is 274. The minimum Gasteiger partial charge on any atom is -0.300 e. The SMILES string of the molecule is CC1(C)CC(=O)CC(C)(C)N1CC(F)(F)F. The summed E-state index contributed by atoms with van der Waals surface area (Å²) < 4.78 is 37.5. The van der Waals surface area contributed by atoms with Gasteiger partial charge in [-0.15, -0.1) is 0 Å². The van der Waals surface area contributed by atoms with E-state index in [-0.39, 0.29) is 18.6 Å². The van der Waals surface area contributed by atoms with Crippen molar-refractivity contribution in [3.8, 4) is 0 Å². The summed E-state index contributed by atoms with van der Waals surface area (Å²) in [5.74, 6) is 0.0356. The Balaban J connectivity index is 2.97. The molecule has 0 aromatic carbocycles. The lowest BCUT2D eigenvalue weighted by atomic mass is 9.79. The summed E-state index contributed by atoms with van der Waals surface area (Å²) in [5, 5.41) is 0. The average molecular weight is 237 g/mol. The molecule has 0 spiro atoms. The number of ketones is 1. The molecule has 1 aliphatic heterocycles. The summed E-state index contributed by atoms with van der Waals surface area (Å²) in [6, 6.07) is 0. The second kappa shape index (κ2) is 3.72. The van der Waals surface area contributed by atoms with Crippen LogP contribution in [0.4, 0.5) is 13.2 Å². The highest BCUT2D eigenvalue weighted by Gasteiger charge is 2.48. The van der Waals surface area contributed by atoms with E-state index in [1.807, 2.05) is 0 Å². The fourth-order valence-electron chi connectivity index (χ4n) is 2.65. The summed E-state index contributed by atoms with van der Waals surface area (Å²) >= 11 is 0. The molecule has 0 bridgehead atoms. The van der Waals surface area contributed by atoms with Gasteiger partial charge in [0.05, 0.1) is 6.54 Å². The first-order valence-electron chi connectivity index (χ1n) is 5.30. The van der Waals surface area contributed by atoms with Crippen molar-refractivity contribution in [1.29, 1.82) is 0 Å². The number of likely N-dealkylation sites (tertiary alicyclic amines) is 1. The van der Waals surface area contributed by atoms with Crippen LogP contribution in [0.15, 0.2) is 0 Å². The zero-order valence-electron chi connectivity index (χ0n) is 10.1. The molecule has 1 rings (SSSR count). The fraction of sp³-hybridized carbons (Fsp3) is 0.909. The van der Waals surface area contributed by atoms with Crippen LogP contribution in [-0.4, -0.2) is 34.5 Å². The van der Waals surface area contributed by atoms with E-state index in [0.717, 1.165) is 0 Å². The maximum absolute atomic E-state index is 12.5. The number of alkyl halides is 3. The quantitative estimate of drug-likeness (QED) is 0.699. The number of Topliss-reactive ketones (excluding diaryl/α,β-unsaturated/α-hetero) is 1. The number of hydrogen-bond donors (Lipinski definition) is 0. The van der Waals surface area contributed by atoms with Gasteiger partial charge in [-0.2, -0.15) is 13.2 Å². The van der Waals surface area contributed by atoms with Crippen LogP contribution in [0.3, 0.4) is 0 Å². The first-order valence-corrected chi connectivity index (χ1v) is 5.30. The van der Waals surface area contributed by atoms with Gasteiger partial charge in [0.25, 0.3) is 0 Å². The predicted octanol–water partition coefficient (Wildman–Crippen LogP) is 2.77. The van der Waals surface area contributed by atoms with Crippen LogP contribution >= 0.6 is 0 Å². The average Bonchev–Trinajstić information content (AvgIpc) is 1.92. The number of carbonyl (C=O) groups is 1. The molecule has 0 atom stereocenters. The number of hydrogen-bond acceptors (Lipinski definition) is 2. The first kappa shape index (κ1) is 13.5. The lowest BCUT2D eigenvalue weighted by molar-refractivity contribution is -0.183. The zero-order chi connectivity index (χ0) is 12.8. The van der Waals surface area contributed by atoms with Crippen molar-refractivity contribution < 1.29 is 18.0 Å². The summed E-state index contributed by atoms with van der Waals surface area (Å²) in [6.07, 6.45) is -3.85. The Kier molecular flexibility index (Phi) is 3.14. The molecule has 0 unspecified atom stereocenters. The van der Waals surface area contributed by atoms with Crippen LogP contribution in [0.5, 0.6) is 0 Å². The Morgan fingerprint density at radius 1 is 1.12 bits per heavy atom. The number of nitrogens with zero attached hydrogens (tertiary/aromatic N) is 1. The number of carbonyl (C=O) groups excluding carboxylic acids is 1. The standard InChI is InChI=1S/C11H18F3NO/c1-9(2)5-8(16)6-10(3,4)15(9)7-11(12,13)14/h5-7H2,1-4H3. The molecule has 1 heterocycles. The minimum absolute atomic E-state index is 0.0356. The maximum Gasteiger partial charge on any atom is 0.401 e. The first-order chi connectivity index (χ1) is 6.94. The molecule has 1 aliphatic rings. The molecule has 0 radical (unpaired) electrons. The maximum atomic E-state index is 12.5. The Morgan fingerprint density at radius 2 is 1.50 bits per heavy atom. The van der Waals surface area contributed by atoms with Gasteiger partial charge in [0, 0.05) is 23.9 Å². The number of rotatable bonds is 1. The molecule has 0 aliphatic carbocycles. The van der Waals surface area contributed by atoms with Gasteiger partial charge in [0.1, 0.15) is 5.78 Å². The minimum atomic E-state index is -4.23. The molecule has 1 saturated heterocycles. The highest BCUT2D eigenvalue weighted by Crippen LogP contribution is 2.38. The number of halogens is 3. The molecule has 16 heavy (non-hydrogen) atoms. The van der Waals surface area contributed by atoms with Crippen molar-refractivity contribution in [2.24, 2.45) is 0 Å². The molecule has 2 nitrogen and oxygen atoms in total. The van der Waals surface area contributed by atoms with E-state index in [9.17, 15) is 18.0 Å². The van der Waals surface area contributed by atoms with Crippen LogP contribution in [0.25, 0.3) is 0 Å². The van der Waals surface area contributed by atoms with E-state index >= 15 is 0 Å². The third-order valence-corrected chi connectivity index (χ3v) is 3.06. The summed E-state index contributed by atoms with van der Waals surface area (Å²) in [6.45, 7) is 5.81. The molecular weight excluding hydrogens is 219 g/mol. The normalized spacial score (nSPS) is 25.8. The highest BCUT2D eigenvalue weighted by molar-refractivity contribution is 5.81. The third kappa shape index (κ3) is 2.97. The topological polar surface area (TPSA) is 20.3 Å². The Hall–Kier alpha value is -0.580. The molecule has 0 N–H and O–H groups in total. The van der Waals surface area contributed by atoms with Gasteiger partial charge in [-0.3, -0.25) is 9.69 Å². The van der Waals surface area contributed by atoms with E-state index in [1.165, 1.54) is 4.90 Å². The van der Waals surface area contributed by atoms with Crippen molar-refractivity contribution in [3.05, 3.63) is 0 Å². The third-order valence-electron chi connectivity index (χ3n) is 3.06. The van der Waals surface area contributed by atoms with Gasteiger partial charge in [0.15, 0.2) is 0 Å². The molecule has 0 amide bonds. The molecule has 1 fully saturated rings. The van der Waals surface area contributed by atoms with E-state index in [1.54, 1.807) is 27.7 Å². The molecule has 0 aromatic heterocycles. The van der Waals surface area contributed by atoms with E-state index in [0.29, 0.717) is 0 Å². The van der Waals surface area contributed by atoms with Crippen LogP contribution in [0.2, 0.25) is 0 Å². The lowest BCUT2D eigenvalue weighted by Gasteiger charge is -2.52. The Labute approximate surface area is 93.8 Å². The Morgan fingerprint density at radius 3 is 1.81 bits per heavy atom. The van der Waals surface area contributed by atoms with Crippen molar-refractivity contribution in [2.45, 2.75) is 57.8 Å². The van der Waals surface area contributed by atoms with Gasteiger partial charge < -0.3 is 0 Å². The second-order valence-electron chi connectivity index (χ2n) is 5.72. The molecule has 0 saturated carbocycles. The highest BCUT2D eigenvalue weighted by atomic mass is 19.4. The zero-order valence-corrected chi connectivity index (χ0v) is 10.1. The van der Waals surface area contributed by atoms with E-state index in [2.05, 4.69) is 0 Å². The summed E-state index contributed by atoms with van der Waals surface area (Å²) in [4.78, 5) is 12.9. The summed E-state index contributed by atoms with van der Waals surface area (Å²) in [5.41, 5.74) is -1.46. The van der Waals surface area contributed by atoms with Crippen LogP contribution < -0.4 is 0 Å². The van der Waals surface area contributed by atoms with Gasteiger partial charge >= 0.3 is 6.18 Å².